The first-order valence-electron chi connectivity index (χ1n) is 5.45. The summed E-state index contributed by atoms with van der Waals surface area (Å²) in [6.07, 6.45) is 1.06. The van der Waals surface area contributed by atoms with Gasteiger partial charge in [-0.1, -0.05) is 23.2 Å². The maximum absolute atomic E-state index is 6.15. The predicted octanol–water partition coefficient (Wildman–Crippen LogP) is 3.43. The maximum Gasteiger partial charge on any atom is 0.0620 e. The Kier molecular flexibility index (Phi) is 4.09. The summed E-state index contributed by atoms with van der Waals surface area (Å²) in [5, 5.41) is 4.97. The molecule has 2 unspecified atom stereocenters. The molecule has 1 aliphatic heterocycles. The minimum absolute atomic E-state index is 0.192. The van der Waals surface area contributed by atoms with Crippen LogP contribution in [0.25, 0.3) is 0 Å². The molecular weight excluding hydrogens is 245 g/mol. The standard InChI is InChI=1S/C12H15Cl2NO/c1-8(15-10-4-5-16-7-10)11-6-9(13)2-3-12(11)14/h2-3,6,8,10,15H,4-5,7H2,1H3. The van der Waals surface area contributed by atoms with Crippen LogP contribution in [0, 0.1) is 0 Å². The molecule has 2 rings (SSSR count). The number of hydrogen-bond acceptors (Lipinski definition) is 2. The molecule has 0 aromatic heterocycles. The van der Waals surface area contributed by atoms with Crippen molar-refractivity contribution in [2.75, 3.05) is 13.2 Å². The van der Waals surface area contributed by atoms with Crippen molar-refractivity contribution in [3.63, 3.8) is 0 Å². The van der Waals surface area contributed by atoms with Gasteiger partial charge < -0.3 is 10.1 Å². The molecule has 0 spiro atoms. The summed E-state index contributed by atoms with van der Waals surface area (Å²) in [6.45, 7) is 3.71. The Labute approximate surface area is 106 Å². The molecule has 1 saturated heterocycles. The Hall–Kier alpha value is -0.280. The average molecular weight is 260 g/mol. The number of nitrogens with one attached hydrogen (secondary N) is 1. The van der Waals surface area contributed by atoms with Crippen LogP contribution >= 0.6 is 23.2 Å². The van der Waals surface area contributed by atoms with E-state index in [0.29, 0.717) is 6.04 Å². The lowest BCUT2D eigenvalue weighted by Gasteiger charge is -2.19. The van der Waals surface area contributed by atoms with Gasteiger partial charge in [-0.2, -0.15) is 0 Å². The SMILES string of the molecule is CC(NC1CCOC1)c1cc(Cl)ccc1Cl. The monoisotopic (exact) mass is 259 g/mol. The van der Waals surface area contributed by atoms with E-state index in [4.69, 9.17) is 27.9 Å². The third kappa shape index (κ3) is 2.89. The molecule has 1 aromatic carbocycles. The van der Waals surface area contributed by atoms with Gasteiger partial charge in [0, 0.05) is 28.7 Å². The van der Waals surface area contributed by atoms with Gasteiger partial charge >= 0.3 is 0 Å². The molecule has 0 bridgehead atoms. The van der Waals surface area contributed by atoms with Crippen molar-refractivity contribution in [3.05, 3.63) is 33.8 Å². The topological polar surface area (TPSA) is 21.3 Å². The minimum atomic E-state index is 0.192. The second-order valence-corrected chi connectivity index (χ2v) is 4.96. The third-order valence-corrected chi connectivity index (χ3v) is 3.42. The van der Waals surface area contributed by atoms with Gasteiger partial charge in [0.2, 0.25) is 0 Å². The van der Waals surface area contributed by atoms with Crippen LogP contribution in [-0.4, -0.2) is 19.3 Å². The fraction of sp³-hybridized carbons (Fsp3) is 0.500. The molecule has 4 heteroatoms. The summed E-state index contributed by atoms with van der Waals surface area (Å²) in [4.78, 5) is 0. The Morgan fingerprint density at radius 3 is 2.94 bits per heavy atom. The predicted molar refractivity (Wildman–Crippen MR) is 67.2 cm³/mol. The molecule has 88 valence electrons. The summed E-state index contributed by atoms with van der Waals surface area (Å²) in [6, 6.07) is 6.17. The highest BCUT2D eigenvalue weighted by atomic mass is 35.5. The lowest BCUT2D eigenvalue weighted by Crippen LogP contribution is -2.31. The molecule has 0 saturated carbocycles. The zero-order valence-corrected chi connectivity index (χ0v) is 10.7. The van der Waals surface area contributed by atoms with E-state index in [9.17, 15) is 0 Å². The Morgan fingerprint density at radius 2 is 2.25 bits per heavy atom. The molecule has 0 amide bonds. The van der Waals surface area contributed by atoms with E-state index in [1.807, 2.05) is 12.1 Å². The van der Waals surface area contributed by atoms with Gasteiger partial charge in [-0.3, -0.25) is 0 Å². The van der Waals surface area contributed by atoms with Crippen molar-refractivity contribution in [2.45, 2.75) is 25.4 Å². The minimum Gasteiger partial charge on any atom is -0.380 e. The molecule has 1 heterocycles. The first kappa shape index (κ1) is 12.2. The fourth-order valence-corrected chi connectivity index (χ4v) is 2.42. The fourth-order valence-electron chi connectivity index (χ4n) is 1.96. The van der Waals surface area contributed by atoms with E-state index in [0.717, 1.165) is 35.2 Å². The van der Waals surface area contributed by atoms with Gasteiger partial charge in [0.25, 0.3) is 0 Å². The van der Waals surface area contributed by atoms with Gasteiger partial charge in [-0.25, -0.2) is 0 Å². The van der Waals surface area contributed by atoms with Gasteiger partial charge in [-0.15, -0.1) is 0 Å². The van der Waals surface area contributed by atoms with E-state index in [1.54, 1.807) is 6.07 Å². The first-order valence-corrected chi connectivity index (χ1v) is 6.21. The Morgan fingerprint density at radius 1 is 1.44 bits per heavy atom. The lowest BCUT2D eigenvalue weighted by molar-refractivity contribution is 0.188. The number of ether oxygens (including phenoxy) is 1. The van der Waals surface area contributed by atoms with E-state index in [-0.39, 0.29) is 6.04 Å². The zero-order valence-electron chi connectivity index (χ0n) is 9.17. The molecule has 16 heavy (non-hydrogen) atoms. The number of benzene rings is 1. The molecule has 2 atom stereocenters. The molecule has 1 fully saturated rings. The highest BCUT2D eigenvalue weighted by molar-refractivity contribution is 6.33. The summed E-state index contributed by atoms with van der Waals surface area (Å²) >= 11 is 12.1. The van der Waals surface area contributed by atoms with Crippen LogP contribution in [0.15, 0.2) is 18.2 Å². The van der Waals surface area contributed by atoms with Gasteiger partial charge in [0.15, 0.2) is 0 Å². The Balaban J connectivity index is 2.07. The van der Waals surface area contributed by atoms with E-state index >= 15 is 0 Å². The maximum atomic E-state index is 6.15. The molecule has 0 radical (unpaired) electrons. The van der Waals surface area contributed by atoms with Crippen LogP contribution in [0.5, 0.6) is 0 Å². The molecule has 1 N–H and O–H groups in total. The average Bonchev–Trinajstić information content (AvgIpc) is 2.74. The van der Waals surface area contributed by atoms with Crippen molar-refractivity contribution in [1.29, 1.82) is 0 Å². The van der Waals surface area contributed by atoms with Crippen LogP contribution in [0.3, 0.4) is 0 Å². The number of rotatable bonds is 3. The summed E-state index contributed by atoms with van der Waals surface area (Å²) < 4.78 is 5.33. The quantitative estimate of drug-likeness (QED) is 0.898. The molecule has 2 nitrogen and oxygen atoms in total. The van der Waals surface area contributed by atoms with Crippen LogP contribution < -0.4 is 5.32 Å². The Bertz CT molecular complexity index is 364. The van der Waals surface area contributed by atoms with Gasteiger partial charge in [0.1, 0.15) is 0 Å². The van der Waals surface area contributed by atoms with E-state index < -0.39 is 0 Å². The molecule has 1 aromatic rings. The summed E-state index contributed by atoms with van der Waals surface area (Å²) in [5.41, 5.74) is 1.04. The van der Waals surface area contributed by atoms with Gasteiger partial charge in [-0.05, 0) is 37.1 Å². The van der Waals surface area contributed by atoms with Crippen LogP contribution in [0.1, 0.15) is 24.9 Å². The third-order valence-electron chi connectivity index (χ3n) is 2.84. The summed E-state index contributed by atoms with van der Waals surface area (Å²) in [7, 11) is 0. The highest BCUT2D eigenvalue weighted by Crippen LogP contribution is 2.26. The normalized spacial score (nSPS) is 22.3. The number of halogens is 2. The first-order chi connectivity index (χ1) is 7.66. The lowest BCUT2D eigenvalue weighted by atomic mass is 10.1. The van der Waals surface area contributed by atoms with E-state index in [1.165, 1.54) is 0 Å². The van der Waals surface area contributed by atoms with Crippen LogP contribution in [0.4, 0.5) is 0 Å². The second-order valence-electron chi connectivity index (χ2n) is 4.11. The molecular formula is C12H15Cl2NO. The molecule has 1 aliphatic rings. The second kappa shape index (κ2) is 5.37. The smallest absolute Gasteiger partial charge is 0.0620 e. The van der Waals surface area contributed by atoms with Crippen molar-refractivity contribution < 1.29 is 4.74 Å². The van der Waals surface area contributed by atoms with Crippen molar-refractivity contribution in [3.8, 4) is 0 Å². The van der Waals surface area contributed by atoms with Crippen molar-refractivity contribution >= 4 is 23.2 Å². The number of hydrogen-bond donors (Lipinski definition) is 1. The zero-order chi connectivity index (χ0) is 11.5. The van der Waals surface area contributed by atoms with Crippen molar-refractivity contribution in [2.24, 2.45) is 0 Å². The largest absolute Gasteiger partial charge is 0.380 e. The van der Waals surface area contributed by atoms with Crippen LogP contribution in [0.2, 0.25) is 10.0 Å². The van der Waals surface area contributed by atoms with Crippen LogP contribution in [-0.2, 0) is 4.74 Å². The van der Waals surface area contributed by atoms with Crippen molar-refractivity contribution in [1.82, 2.24) is 5.32 Å². The summed E-state index contributed by atoms with van der Waals surface area (Å²) in [5.74, 6) is 0. The van der Waals surface area contributed by atoms with Gasteiger partial charge in [0.05, 0.1) is 6.61 Å². The highest BCUT2D eigenvalue weighted by Gasteiger charge is 2.19. The molecule has 0 aliphatic carbocycles. The van der Waals surface area contributed by atoms with E-state index in [2.05, 4.69) is 12.2 Å².